The molecule has 1 amide bonds. The minimum absolute atomic E-state index is 0.237. The van der Waals surface area contributed by atoms with E-state index in [4.69, 9.17) is 18.9 Å². The first-order chi connectivity index (χ1) is 37.6. The van der Waals surface area contributed by atoms with E-state index in [1.54, 1.807) is 6.08 Å². The van der Waals surface area contributed by atoms with Crippen molar-refractivity contribution in [3.63, 3.8) is 0 Å². The lowest BCUT2D eigenvalue weighted by molar-refractivity contribution is -0.359. The molecule has 0 aliphatic carbocycles. The Kier molecular flexibility index (Phi) is 43.7. The van der Waals surface area contributed by atoms with Gasteiger partial charge in [0.2, 0.25) is 5.91 Å². The number of hydrogen-bond acceptors (Lipinski definition) is 13. The molecule has 14 heteroatoms. The summed E-state index contributed by atoms with van der Waals surface area (Å²) in [5, 5.41) is 87.1. The van der Waals surface area contributed by atoms with Crippen molar-refractivity contribution in [2.24, 2.45) is 0 Å². The summed E-state index contributed by atoms with van der Waals surface area (Å²) in [7, 11) is 0. The van der Waals surface area contributed by atoms with E-state index in [1.165, 1.54) is 103 Å². The predicted octanol–water partition coefficient (Wildman–Crippen LogP) is 10.5. The average Bonchev–Trinajstić information content (AvgIpc) is 3.44. The van der Waals surface area contributed by atoms with Gasteiger partial charge in [-0.25, -0.2) is 0 Å². The Hall–Kier alpha value is -2.83. The molecule has 0 aromatic carbocycles. The maximum Gasteiger partial charge on any atom is 0.220 e. The second-order valence-corrected chi connectivity index (χ2v) is 21.1. The van der Waals surface area contributed by atoms with Crippen LogP contribution in [0.1, 0.15) is 213 Å². The Morgan fingerprint density at radius 3 is 1.43 bits per heavy atom. The number of nitrogens with one attached hydrogen (secondary N) is 1. The largest absolute Gasteiger partial charge is 0.394 e. The van der Waals surface area contributed by atoms with Crippen LogP contribution in [0, 0.1) is 0 Å². The molecule has 2 rings (SSSR count). The van der Waals surface area contributed by atoms with Gasteiger partial charge >= 0.3 is 0 Å². The number of carbonyl (C=O) groups excluding carboxylic acids is 1. The van der Waals surface area contributed by atoms with E-state index in [9.17, 15) is 45.6 Å². The third kappa shape index (κ3) is 33.5. The predicted molar refractivity (Wildman–Crippen MR) is 309 cm³/mol. The quantitative estimate of drug-likeness (QED) is 0.0204. The molecular formula is C63H109NO13. The summed E-state index contributed by atoms with van der Waals surface area (Å²) in [4.78, 5) is 13.2. The molecule has 2 aliphatic heterocycles. The lowest BCUT2D eigenvalue weighted by Crippen LogP contribution is -2.65. The molecule has 2 saturated heterocycles. The lowest BCUT2D eigenvalue weighted by Gasteiger charge is -2.46. The van der Waals surface area contributed by atoms with Gasteiger partial charge in [-0.2, -0.15) is 0 Å². The Bertz CT molecular complexity index is 1610. The highest BCUT2D eigenvalue weighted by Crippen LogP contribution is 2.30. The first-order valence-corrected chi connectivity index (χ1v) is 30.3. The van der Waals surface area contributed by atoms with Crippen LogP contribution in [0.5, 0.6) is 0 Å². The normalized spacial score (nSPS) is 25.3. The highest BCUT2D eigenvalue weighted by Gasteiger charge is 2.51. The van der Waals surface area contributed by atoms with Crippen LogP contribution in [-0.2, 0) is 23.7 Å². The van der Waals surface area contributed by atoms with Gasteiger partial charge in [-0.05, 0) is 83.5 Å². The van der Waals surface area contributed by atoms with Gasteiger partial charge in [-0.1, -0.05) is 208 Å². The van der Waals surface area contributed by atoms with Crippen LogP contribution in [0.3, 0.4) is 0 Å². The van der Waals surface area contributed by atoms with E-state index in [1.807, 2.05) is 6.08 Å². The molecule has 77 heavy (non-hydrogen) atoms. The van der Waals surface area contributed by atoms with Gasteiger partial charge in [0.05, 0.1) is 32.0 Å². The van der Waals surface area contributed by atoms with Crippen molar-refractivity contribution in [1.82, 2.24) is 5.32 Å². The van der Waals surface area contributed by atoms with Crippen LogP contribution >= 0.6 is 0 Å². The molecule has 2 aliphatic rings. The van der Waals surface area contributed by atoms with Crippen LogP contribution in [0.25, 0.3) is 0 Å². The molecular weight excluding hydrogens is 979 g/mol. The maximum atomic E-state index is 13.2. The van der Waals surface area contributed by atoms with Crippen molar-refractivity contribution in [3.8, 4) is 0 Å². The van der Waals surface area contributed by atoms with E-state index in [0.29, 0.717) is 12.8 Å². The fourth-order valence-corrected chi connectivity index (χ4v) is 9.43. The minimum Gasteiger partial charge on any atom is -0.394 e. The van der Waals surface area contributed by atoms with Crippen molar-refractivity contribution in [2.45, 2.75) is 286 Å². The molecule has 444 valence electrons. The van der Waals surface area contributed by atoms with Gasteiger partial charge in [0.15, 0.2) is 12.6 Å². The topological polar surface area (TPSA) is 228 Å². The van der Waals surface area contributed by atoms with Crippen LogP contribution in [0.2, 0.25) is 0 Å². The van der Waals surface area contributed by atoms with Crippen molar-refractivity contribution >= 4 is 5.91 Å². The zero-order valence-electron chi connectivity index (χ0n) is 47.7. The van der Waals surface area contributed by atoms with E-state index in [-0.39, 0.29) is 18.9 Å². The van der Waals surface area contributed by atoms with E-state index in [0.717, 1.165) is 77.0 Å². The maximum absolute atomic E-state index is 13.2. The molecule has 0 bridgehead atoms. The molecule has 0 aromatic rings. The molecule has 0 saturated carbocycles. The number of aliphatic hydroxyl groups is 8. The van der Waals surface area contributed by atoms with Gasteiger partial charge in [-0.15, -0.1) is 0 Å². The number of ether oxygens (including phenoxy) is 4. The molecule has 2 fully saturated rings. The van der Waals surface area contributed by atoms with Crippen LogP contribution in [0.4, 0.5) is 0 Å². The first kappa shape index (κ1) is 70.3. The number of aliphatic hydroxyl groups excluding tert-OH is 8. The zero-order chi connectivity index (χ0) is 56.0. The number of rotatable bonds is 47. The third-order valence-corrected chi connectivity index (χ3v) is 14.3. The van der Waals surface area contributed by atoms with Gasteiger partial charge in [-0.3, -0.25) is 4.79 Å². The lowest BCUT2D eigenvalue weighted by atomic mass is 9.97. The Labute approximate surface area is 465 Å². The van der Waals surface area contributed by atoms with Crippen LogP contribution in [0.15, 0.2) is 85.1 Å². The molecule has 14 nitrogen and oxygen atoms in total. The number of hydrogen-bond donors (Lipinski definition) is 9. The summed E-state index contributed by atoms with van der Waals surface area (Å²) in [5.41, 5.74) is 0. The number of amides is 1. The SMILES string of the molecule is CC/C=C\C/C=C\C/C=C\C/C=C\CCCCCCC(=O)NC(COC1OC(CO)C(OC2OC(CO)C(O)C(O)C2O)C(O)C1O)C(O)/C=C/CC/C=C/CC/C=C/CCCCCCCCCCCCCCCCCC. The summed E-state index contributed by atoms with van der Waals surface area (Å²) < 4.78 is 22.7. The van der Waals surface area contributed by atoms with Gasteiger partial charge in [0.1, 0.15) is 48.8 Å². The van der Waals surface area contributed by atoms with Gasteiger partial charge < -0.3 is 65.1 Å². The molecule has 2 heterocycles. The van der Waals surface area contributed by atoms with Crippen molar-refractivity contribution < 1.29 is 64.6 Å². The van der Waals surface area contributed by atoms with Crippen LogP contribution in [-0.4, -0.2) is 140 Å². The second-order valence-electron chi connectivity index (χ2n) is 21.1. The van der Waals surface area contributed by atoms with Crippen molar-refractivity contribution in [3.05, 3.63) is 85.1 Å². The van der Waals surface area contributed by atoms with E-state index in [2.05, 4.69) is 92.1 Å². The summed E-state index contributed by atoms with van der Waals surface area (Å²) >= 11 is 0. The molecule has 0 aromatic heterocycles. The monoisotopic (exact) mass is 1090 g/mol. The zero-order valence-corrected chi connectivity index (χ0v) is 47.7. The molecule has 0 spiro atoms. The number of carbonyl (C=O) groups is 1. The molecule has 9 N–H and O–H groups in total. The van der Waals surface area contributed by atoms with Gasteiger partial charge in [0, 0.05) is 6.42 Å². The molecule has 12 unspecified atom stereocenters. The minimum atomic E-state index is -1.80. The summed E-state index contributed by atoms with van der Waals surface area (Å²) in [6.45, 7) is 2.64. The average molecular weight is 1090 g/mol. The van der Waals surface area contributed by atoms with E-state index >= 15 is 0 Å². The first-order valence-electron chi connectivity index (χ1n) is 30.3. The summed E-state index contributed by atoms with van der Waals surface area (Å²) in [6, 6.07) is -0.956. The highest BCUT2D eigenvalue weighted by atomic mass is 16.7. The smallest absolute Gasteiger partial charge is 0.220 e. The third-order valence-electron chi connectivity index (χ3n) is 14.3. The second kappa shape index (κ2) is 47.9. The number of allylic oxidation sites excluding steroid dienone is 13. The summed E-state index contributed by atoms with van der Waals surface area (Å²) in [5.74, 6) is -0.279. The van der Waals surface area contributed by atoms with E-state index < -0.39 is 86.8 Å². The number of unbranched alkanes of at least 4 members (excludes halogenated alkanes) is 22. The Balaban J connectivity index is 1.79. The summed E-state index contributed by atoms with van der Waals surface area (Å²) in [6.07, 6.45) is 47.7. The fourth-order valence-electron chi connectivity index (χ4n) is 9.43. The standard InChI is InChI=1S/C63H109NO13/c1-3-5-7-9-11-13-15-17-19-21-22-23-24-25-26-27-28-29-31-32-34-36-38-40-42-44-46-52(67)51(64-55(68)47-45-43-41-39-37-35-33-30-20-18-16-14-12-10-8-6-4-2)50-74-62-60(73)58(71)61(54(49-66)76-62)77-63-59(72)57(70)56(69)53(48-65)75-63/h6,8,12,14,18,20,29,31,33,35-36,38,44,46,51-54,56-63,65-67,69-73H,3-5,7,9-11,13,15-17,19,21-28,30,32,34,37,39-43,45,47-50H2,1-2H3,(H,64,68)/b8-6-,14-12-,20-18-,31-29+,35-33-,38-36+,46-44+. The molecule has 0 radical (unpaired) electrons. The highest BCUT2D eigenvalue weighted by molar-refractivity contribution is 5.76. The Morgan fingerprint density at radius 2 is 0.909 bits per heavy atom. The van der Waals surface area contributed by atoms with Crippen molar-refractivity contribution in [2.75, 3.05) is 19.8 Å². The van der Waals surface area contributed by atoms with Gasteiger partial charge in [0.25, 0.3) is 0 Å². The van der Waals surface area contributed by atoms with Crippen molar-refractivity contribution in [1.29, 1.82) is 0 Å². The van der Waals surface area contributed by atoms with Crippen LogP contribution < -0.4 is 5.32 Å². The Morgan fingerprint density at radius 1 is 0.481 bits per heavy atom. The fraction of sp³-hybridized carbons (Fsp3) is 0.762. The molecule has 12 atom stereocenters.